The number of rotatable bonds is 6. The van der Waals surface area contributed by atoms with Crippen molar-refractivity contribution in [1.29, 1.82) is 0 Å². The lowest BCUT2D eigenvalue weighted by molar-refractivity contribution is -0.393. The van der Waals surface area contributed by atoms with Crippen LogP contribution in [0.1, 0.15) is 21.6 Å². The third-order valence-corrected chi connectivity index (χ3v) is 5.43. The number of non-ortho nitro benzene ring substituents is 2. The molecule has 0 N–H and O–H groups in total. The number of ketones is 1. The largest absolute Gasteiger partial charge is 0.287 e. The Hall–Kier alpha value is -4.86. The first-order chi connectivity index (χ1) is 16.0. The highest BCUT2D eigenvalue weighted by Gasteiger charge is 2.31. The van der Waals surface area contributed by atoms with Crippen LogP contribution in [0.15, 0.2) is 79.1 Å². The van der Waals surface area contributed by atoms with Gasteiger partial charge in [0.05, 0.1) is 27.8 Å². The zero-order chi connectivity index (χ0) is 23.1. The number of nitrogens with zero attached hydrogens (tertiary/aromatic N) is 5. The minimum atomic E-state index is -0.703. The van der Waals surface area contributed by atoms with Gasteiger partial charge in [0.2, 0.25) is 5.78 Å². The number of aromatic nitrogens is 3. The van der Waals surface area contributed by atoms with Gasteiger partial charge in [0, 0.05) is 17.0 Å². The van der Waals surface area contributed by atoms with Crippen LogP contribution in [-0.2, 0) is 6.54 Å². The number of nitro groups is 2. The standard InChI is InChI=1S/C23H15N5O5/c29-22(16-9-5-2-6-10-16)21-20-18(11-17(27(30)31)12-19(20)28(32)33)23-25(21)14-24-26(23)13-15-7-3-1-4-8-15/h1-12,14H,13H2. The van der Waals surface area contributed by atoms with Crippen molar-refractivity contribution < 1.29 is 14.6 Å². The Morgan fingerprint density at radius 1 is 0.909 bits per heavy atom. The van der Waals surface area contributed by atoms with Crippen LogP contribution in [-0.4, -0.2) is 29.8 Å². The molecule has 0 saturated carbocycles. The van der Waals surface area contributed by atoms with E-state index in [1.54, 1.807) is 35.0 Å². The molecule has 0 aliphatic carbocycles. The summed E-state index contributed by atoms with van der Waals surface area (Å²) in [6.07, 6.45) is 1.41. The molecule has 0 spiro atoms. The Morgan fingerprint density at radius 2 is 1.58 bits per heavy atom. The van der Waals surface area contributed by atoms with E-state index in [0.29, 0.717) is 17.8 Å². The molecule has 5 aromatic rings. The van der Waals surface area contributed by atoms with Crippen LogP contribution in [0.2, 0.25) is 0 Å². The number of hydrogen-bond acceptors (Lipinski definition) is 6. The Labute approximate surface area is 185 Å². The molecule has 0 fully saturated rings. The van der Waals surface area contributed by atoms with Gasteiger partial charge in [-0.3, -0.25) is 29.4 Å². The zero-order valence-electron chi connectivity index (χ0n) is 17.0. The molecule has 2 aromatic heterocycles. The SMILES string of the molecule is O=C(c1ccccc1)c1c2c([N+](=O)[O-])cc([N+](=O)[O-])cc2c2n(Cc3ccccc3)ncn12. The van der Waals surface area contributed by atoms with Crippen molar-refractivity contribution >= 4 is 33.6 Å². The number of hydrogen-bond donors (Lipinski definition) is 0. The first-order valence-corrected chi connectivity index (χ1v) is 9.91. The molecule has 0 saturated heterocycles. The van der Waals surface area contributed by atoms with Gasteiger partial charge < -0.3 is 0 Å². The van der Waals surface area contributed by atoms with E-state index in [-0.39, 0.29) is 16.5 Å². The maximum absolute atomic E-state index is 13.5. The summed E-state index contributed by atoms with van der Waals surface area (Å²) in [7, 11) is 0. The van der Waals surface area contributed by atoms with Crippen LogP contribution in [0, 0.1) is 20.2 Å². The molecule has 33 heavy (non-hydrogen) atoms. The Kier molecular flexibility index (Phi) is 4.67. The Bertz CT molecular complexity index is 1550. The number of nitro benzene ring substituents is 2. The van der Waals surface area contributed by atoms with Gasteiger partial charge >= 0.3 is 0 Å². The van der Waals surface area contributed by atoms with E-state index in [1.807, 2.05) is 30.3 Å². The van der Waals surface area contributed by atoms with E-state index in [0.717, 1.165) is 11.6 Å². The fourth-order valence-electron chi connectivity index (χ4n) is 4.01. The summed E-state index contributed by atoms with van der Waals surface area (Å²) in [5, 5.41) is 28.1. The molecule has 0 unspecified atom stereocenters. The number of fused-ring (bicyclic) bond motifs is 3. The van der Waals surface area contributed by atoms with Crippen LogP contribution in [0.25, 0.3) is 16.4 Å². The van der Waals surface area contributed by atoms with Crippen LogP contribution in [0.5, 0.6) is 0 Å². The average molecular weight is 441 g/mol. The van der Waals surface area contributed by atoms with Crippen LogP contribution in [0.3, 0.4) is 0 Å². The van der Waals surface area contributed by atoms with Gasteiger partial charge in [0.1, 0.15) is 17.7 Å². The van der Waals surface area contributed by atoms with E-state index < -0.39 is 27.0 Å². The van der Waals surface area contributed by atoms with Crippen molar-refractivity contribution in [1.82, 2.24) is 14.2 Å². The first-order valence-electron chi connectivity index (χ1n) is 9.91. The zero-order valence-corrected chi connectivity index (χ0v) is 17.0. The van der Waals surface area contributed by atoms with Crippen LogP contribution < -0.4 is 0 Å². The van der Waals surface area contributed by atoms with Gasteiger partial charge in [-0.1, -0.05) is 60.7 Å². The highest BCUT2D eigenvalue weighted by Crippen LogP contribution is 2.38. The molecule has 3 aromatic carbocycles. The molecule has 0 bridgehead atoms. The molecule has 10 nitrogen and oxygen atoms in total. The van der Waals surface area contributed by atoms with Crippen molar-refractivity contribution in [2.75, 3.05) is 0 Å². The summed E-state index contributed by atoms with van der Waals surface area (Å²) in [6, 6.07) is 19.9. The minimum absolute atomic E-state index is 0.0344. The molecule has 10 heteroatoms. The van der Waals surface area contributed by atoms with E-state index >= 15 is 0 Å². The van der Waals surface area contributed by atoms with Crippen molar-refractivity contribution in [3.05, 3.63) is 116 Å². The second kappa shape index (κ2) is 7.68. The fourth-order valence-corrected chi connectivity index (χ4v) is 4.01. The molecule has 0 aliphatic rings. The van der Waals surface area contributed by atoms with Crippen molar-refractivity contribution in [3.8, 4) is 0 Å². The van der Waals surface area contributed by atoms with Crippen molar-refractivity contribution in [2.45, 2.75) is 6.54 Å². The lowest BCUT2D eigenvalue weighted by Crippen LogP contribution is -2.06. The smallest absolute Gasteiger partial charge is 0.286 e. The third-order valence-electron chi connectivity index (χ3n) is 5.43. The van der Waals surface area contributed by atoms with Crippen molar-refractivity contribution in [2.24, 2.45) is 0 Å². The summed E-state index contributed by atoms with van der Waals surface area (Å²) in [5.41, 5.74) is 0.698. The van der Waals surface area contributed by atoms with Crippen LogP contribution >= 0.6 is 0 Å². The average Bonchev–Trinajstić information content (AvgIpc) is 3.37. The third kappa shape index (κ3) is 3.30. The predicted molar refractivity (Wildman–Crippen MR) is 119 cm³/mol. The van der Waals surface area contributed by atoms with Gasteiger partial charge in [-0.2, -0.15) is 5.10 Å². The van der Waals surface area contributed by atoms with Crippen molar-refractivity contribution in [3.63, 3.8) is 0 Å². The van der Waals surface area contributed by atoms with E-state index in [9.17, 15) is 25.0 Å². The monoisotopic (exact) mass is 441 g/mol. The Balaban J connectivity index is 1.87. The molecule has 0 radical (unpaired) electrons. The van der Waals surface area contributed by atoms with E-state index in [4.69, 9.17) is 0 Å². The quantitative estimate of drug-likeness (QED) is 0.219. The van der Waals surface area contributed by atoms with E-state index in [2.05, 4.69) is 5.10 Å². The minimum Gasteiger partial charge on any atom is -0.287 e. The molecule has 0 aliphatic heterocycles. The normalized spacial score (nSPS) is 11.2. The summed E-state index contributed by atoms with van der Waals surface area (Å²) in [5.74, 6) is -0.447. The molecule has 162 valence electrons. The fraction of sp³-hybridized carbons (Fsp3) is 0.0435. The van der Waals surface area contributed by atoms with Gasteiger partial charge in [0.25, 0.3) is 11.4 Å². The lowest BCUT2D eigenvalue weighted by atomic mass is 10.0. The first kappa shape index (κ1) is 20.1. The highest BCUT2D eigenvalue weighted by atomic mass is 16.6. The molecular weight excluding hydrogens is 426 g/mol. The molecule has 2 heterocycles. The van der Waals surface area contributed by atoms with Gasteiger partial charge in [-0.05, 0) is 5.56 Å². The second-order valence-corrected chi connectivity index (χ2v) is 7.41. The van der Waals surface area contributed by atoms with Gasteiger partial charge in [-0.25, -0.2) is 4.68 Å². The van der Waals surface area contributed by atoms with Gasteiger partial charge in [-0.15, -0.1) is 0 Å². The molecule has 5 rings (SSSR count). The number of carbonyl (C=O) groups is 1. The summed E-state index contributed by atoms with van der Waals surface area (Å²) in [6.45, 7) is 0.311. The van der Waals surface area contributed by atoms with E-state index in [1.165, 1.54) is 16.8 Å². The van der Waals surface area contributed by atoms with Gasteiger partial charge in [0.15, 0.2) is 0 Å². The van der Waals surface area contributed by atoms with Crippen LogP contribution in [0.4, 0.5) is 11.4 Å². The molecule has 0 atom stereocenters. The highest BCUT2D eigenvalue weighted by molar-refractivity contribution is 6.21. The topological polar surface area (TPSA) is 126 Å². The maximum Gasteiger partial charge on any atom is 0.286 e. The Morgan fingerprint density at radius 3 is 2.21 bits per heavy atom. The summed E-state index contributed by atoms with van der Waals surface area (Å²) < 4.78 is 3.05. The summed E-state index contributed by atoms with van der Waals surface area (Å²) in [4.78, 5) is 35.5. The maximum atomic E-state index is 13.5. The number of carbonyl (C=O) groups excluding carboxylic acids is 1. The predicted octanol–water partition coefficient (Wildman–Crippen LogP) is 4.38. The summed E-state index contributed by atoms with van der Waals surface area (Å²) >= 11 is 0. The molecular formula is C23H15N5O5. The second-order valence-electron chi connectivity index (χ2n) is 7.41. The number of benzene rings is 3. The molecule has 0 amide bonds. The lowest BCUT2D eigenvalue weighted by Gasteiger charge is -2.03.